The lowest BCUT2D eigenvalue weighted by atomic mass is 10.1. The Labute approximate surface area is 183 Å². The average molecular weight is 435 g/mol. The summed E-state index contributed by atoms with van der Waals surface area (Å²) in [5.41, 5.74) is 2.22. The number of anilines is 1. The number of piperidine rings is 1. The fourth-order valence-corrected chi connectivity index (χ4v) is 4.62. The van der Waals surface area contributed by atoms with Crippen LogP contribution in [0.3, 0.4) is 0 Å². The van der Waals surface area contributed by atoms with Crippen molar-refractivity contribution < 1.29 is 4.42 Å². The summed E-state index contributed by atoms with van der Waals surface area (Å²) in [5.74, 6) is 6.77. The third-order valence-electron chi connectivity index (χ3n) is 5.43. The minimum Gasteiger partial charge on any atom is -0.431 e. The fraction of sp³-hybridized carbons (Fsp3) is 0.364. The molecule has 3 aromatic heterocycles. The van der Waals surface area contributed by atoms with Crippen LogP contribution >= 0.6 is 11.8 Å². The molecule has 1 saturated heterocycles. The number of aromatic nitrogens is 5. The lowest BCUT2D eigenvalue weighted by molar-refractivity contribution is 0.487. The Morgan fingerprint density at radius 2 is 1.94 bits per heavy atom. The van der Waals surface area contributed by atoms with Gasteiger partial charge in [0.05, 0.1) is 6.54 Å². The highest BCUT2D eigenvalue weighted by molar-refractivity contribution is 7.99. The van der Waals surface area contributed by atoms with Gasteiger partial charge in [0.25, 0.3) is 10.8 Å². The summed E-state index contributed by atoms with van der Waals surface area (Å²) in [5, 5.41) is 0.927. The molecule has 158 valence electrons. The molecular weight excluding hydrogens is 412 g/mol. The van der Waals surface area contributed by atoms with Crippen molar-refractivity contribution in [3.05, 3.63) is 34.6 Å². The van der Waals surface area contributed by atoms with Gasteiger partial charge in [-0.2, -0.15) is 4.98 Å². The van der Waals surface area contributed by atoms with E-state index in [4.69, 9.17) is 14.4 Å². The van der Waals surface area contributed by atoms with Crippen LogP contribution in [0.5, 0.6) is 0 Å². The highest BCUT2D eigenvalue weighted by Gasteiger charge is 2.23. The summed E-state index contributed by atoms with van der Waals surface area (Å²) in [7, 11) is 1.71. The van der Waals surface area contributed by atoms with Gasteiger partial charge in [-0.3, -0.25) is 13.9 Å². The SMILES string of the molecule is CC#CCn1c(N2CCCCC2)nc2nc(Sc3nc4ccccc4o3)n(C)c(=O)c21. The number of para-hydroxylation sites is 2. The summed E-state index contributed by atoms with van der Waals surface area (Å²) in [4.78, 5) is 29.5. The monoisotopic (exact) mass is 434 g/mol. The maximum atomic E-state index is 13.3. The van der Waals surface area contributed by atoms with Gasteiger partial charge >= 0.3 is 0 Å². The zero-order valence-corrected chi connectivity index (χ0v) is 18.3. The minimum absolute atomic E-state index is 0.155. The third kappa shape index (κ3) is 3.57. The molecule has 0 spiro atoms. The van der Waals surface area contributed by atoms with Crippen LogP contribution < -0.4 is 10.5 Å². The summed E-state index contributed by atoms with van der Waals surface area (Å²) in [6, 6.07) is 7.56. The molecule has 0 amide bonds. The number of rotatable bonds is 4. The van der Waals surface area contributed by atoms with Crippen LogP contribution in [-0.2, 0) is 13.6 Å². The molecule has 0 aliphatic carbocycles. The van der Waals surface area contributed by atoms with Crippen LogP contribution in [0.2, 0.25) is 0 Å². The molecular formula is C22H22N6O2S. The van der Waals surface area contributed by atoms with Gasteiger partial charge in [-0.05, 0) is 38.3 Å². The number of oxazole rings is 1. The molecule has 0 saturated carbocycles. The van der Waals surface area contributed by atoms with Gasteiger partial charge in [0.2, 0.25) is 5.95 Å². The number of hydrogen-bond acceptors (Lipinski definition) is 7. The van der Waals surface area contributed by atoms with E-state index in [2.05, 4.69) is 21.7 Å². The largest absolute Gasteiger partial charge is 0.431 e. The first-order chi connectivity index (χ1) is 15.2. The van der Waals surface area contributed by atoms with E-state index in [-0.39, 0.29) is 5.56 Å². The molecule has 4 heterocycles. The Kier molecular flexibility index (Phi) is 5.16. The Morgan fingerprint density at radius 3 is 2.71 bits per heavy atom. The first-order valence-corrected chi connectivity index (χ1v) is 11.1. The molecule has 9 heteroatoms. The van der Waals surface area contributed by atoms with Gasteiger partial charge in [-0.25, -0.2) is 9.97 Å². The number of nitrogens with zero attached hydrogens (tertiary/aromatic N) is 6. The molecule has 4 aromatic rings. The first kappa shape index (κ1) is 19.7. The van der Waals surface area contributed by atoms with Crippen LogP contribution in [0, 0.1) is 11.8 Å². The molecule has 1 aliphatic rings. The Hall–Kier alpha value is -3.25. The van der Waals surface area contributed by atoms with E-state index in [0.29, 0.717) is 33.7 Å². The van der Waals surface area contributed by atoms with Crippen molar-refractivity contribution in [1.29, 1.82) is 0 Å². The summed E-state index contributed by atoms with van der Waals surface area (Å²) >= 11 is 1.22. The second-order valence-corrected chi connectivity index (χ2v) is 8.37. The maximum Gasteiger partial charge on any atom is 0.280 e. The second kappa shape index (κ2) is 8.12. The second-order valence-electron chi connectivity index (χ2n) is 7.45. The Morgan fingerprint density at radius 1 is 1.13 bits per heavy atom. The van der Waals surface area contributed by atoms with Crippen molar-refractivity contribution in [3.8, 4) is 11.8 Å². The number of fused-ring (bicyclic) bond motifs is 2. The normalized spacial score (nSPS) is 14.2. The Balaban J connectivity index is 1.61. The van der Waals surface area contributed by atoms with Gasteiger partial charge in [-0.1, -0.05) is 18.1 Å². The zero-order valence-electron chi connectivity index (χ0n) is 17.5. The maximum absolute atomic E-state index is 13.3. The van der Waals surface area contributed by atoms with Crippen LogP contribution in [0.25, 0.3) is 22.3 Å². The van der Waals surface area contributed by atoms with E-state index in [9.17, 15) is 4.79 Å². The topological polar surface area (TPSA) is 82.0 Å². The molecule has 1 fully saturated rings. The third-order valence-corrected chi connectivity index (χ3v) is 6.33. The number of hydrogen-bond donors (Lipinski definition) is 0. The van der Waals surface area contributed by atoms with E-state index in [1.165, 1.54) is 22.7 Å². The van der Waals surface area contributed by atoms with Gasteiger partial charge in [-0.15, -0.1) is 5.92 Å². The molecule has 1 aromatic carbocycles. The van der Waals surface area contributed by atoms with Crippen molar-refractivity contribution in [2.75, 3.05) is 18.0 Å². The molecule has 0 bridgehead atoms. The van der Waals surface area contributed by atoms with Crippen molar-refractivity contribution in [2.45, 2.75) is 43.1 Å². The van der Waals surface area contributed by atoms with E-state index >= 15 is 0 Å². The first-order valence-electron chi connectivity index (χ1n) is 10.3. The van der Waals surface area contributed by atoms with Gasteiger partial charge in [0.15, 0.2) is 21.9 Å². The van der Waals surface area contributed by atoms with Crippen molar-refractivity contribution in [3.63, 3.8) is 0 Å². The molecule has 0 N–H and O–H groups in total. The average Bonchev–Trinajstić information content (AvgIpc) is 3.37. The van der Waals surface area contributed by atoms with E-state index in [1.807, 2.05) is 28.8 Å². The molecule has 0 unspecified atom stereocenters. The van der Waals surface area contributed by atoms with Gasteiger partial charge in [0, 0.05) is 31.9 Å². The molecule has 5 rings (SSSR count). The molecule has 1 aliphatic heterocycles. The summed E-state index contributed by atoms with van der Waals surface area (Å²) in [6.07, 6.45) is 3.46. The van der Waals surface area contributed by atoms with Crippen molar-refractivity contribution in [1.82, 2.24) is 24.1 Å². The zero-order chi connectivity index (χ0) is 21.4. The number of benzene rings is 1. The summed E-state index contributed by atoms with van der Waals surface area (Å²) < 4.78 is 9.23. The lowest BCUT2D eigenvalue weighted by Gasteiger charge is -2.27. The fourth-order valence-electron chi connectivity index (χ4n) is 3.84. The van der Waals surface area contributed by atoms with Crippen LogP contribution in [0.4, 0.5) is 5.95 Å². The Bertz CT molecular complexity index is 1350. The lowest BCUT2D eigenvalue weighted by Crippen LogP contribution is -2.32. The van der Waals surface area contributed by atoms with Crippen LogP contribution in [-0.4, -0.2) is 37.2 Å². The minimum atomic E-state index is -0.155. The highest BCUT2D eigenvalue weighted by Crippen LogP contribution is 2.30. The van der Waals surface area contributed by atoms with Crippen molar-refractivity contribution >= 4 is 40.0 Å². The predicted molar refractivity (Wildman–Crippen MR) is 120 cm³/mol. The van der Waals surface area contributed by atoms with Crippen molar-refractivity contribution in [2.24, 2.45) is 7.05 Å². The highest BCUT2D eigenvalue weighted by atomic mass is 32.2. The summed E-state index contributed by atoms with van der Waals surface area (Å²) in [6.45, 7) is 4.06. The van der Waals surface area contributed by atoms with Gasteiger partial charge in [0.1, 0.15) is 5.52 Å². The molecule has 0 radical (unpaired) electrons. The predicted octanol–water partition coefficient (Wildman–Crippen LogP) is 3.44. The van der Waals surface area contributed by atoms with E-state index in [0.717, 1.165) is 37.4 Å². The molecule has 31 heavy (non-hydrogen) atoms. The smallest absolute Gasteiger partial charge is 0.280 e. The number of imidazole rings is 1. The standard InChI is InChI=1S/C22H22N6O2S/c1-3-4-14-28-17-18(24-20(28)27-12-8-5-9-13-27)25-21(26(2)19(17)29)31-22-23-15-10-6-7-11-16(15)30-22/h6-7,10-11H,5,8-9,12-14H2,1-2H3. The van der Waals surface area contributed by atoms with Gasteiger partial charge < -0.3 is 9.32 Å². The molecule has 0 atom stereocenters. The van der Waals surface area contributed by atoms with E-state index < -0.39 is 0 Å². The van der Waals surface area contributed by atoms with E-state index in [1.54, 1.807) is 14.0 Å². The van der Waals surface area contributed by atoms with Crippen LogP contribution in [0.1, 0.15) is 26.2 Å². The van der Waals surface area contributed by atoms with Crippen LogP contribution in [0.15, 0.2) is 43.9 Å². The molecule has 8 nitrogen and oxygen atoms in total. The quantitative estimate of drug-likeness (QED) is 0.359.